The zero-order valence-electron chi connectivity index (χ0n) is 9.81. The highest BCUT2D eigenvalue weighted by atomic mass is 19.4. The number of hydrogen-bond acceptors (Lipinski definition) is 3. The summed E-state index contributed by atoms with van der Waals surface area (Å²) < 4.78 is 66.0. The van der Waals surface area contributed by atoms with Gasteiger partial charge in [0.05, 0.1) is 6.04 Å². The van der Waals surface area contributed by atoms with Gasteiger partial charge in [0.2, 0.25) is 0 Å². The van der Waals surface area contributed by atoms with Gasteiger partial charge in [0.25, 0.3) is 0 Å². The molecule has 19 heavy (non-hydrogen) atoms. The second-order valence-corrected chi connectivity index (χ2v) is 3.84. The summed E-state index contributed by atoms with van der Waals surface area (Å²) in [5, 5.41) is 0. The average molecular weight is 284 g/mol. The monoisotopic (exact) mass is 284 g/mol. The first-order chi connectivity index (χ1) is 8.83. The van der Waals surface area contributed by atoms with Crippen molar-refractivity contribution >= 4 is 0 Å². The van der Waals surface area contributed by atoms with E-state index in [2.05, 4.69) is 10.2 Å². The molecule has 0 fully saturated rings. The van der Waals surface area contributed by atoms with Crippen molar-refractivity contribution in [3.63, 3.8) is 0 Å². The number of rotatable bonds is 6. The molecule has 0 saturated carbocycles. The molecule has 1 aromatic carbocycles. The predicted molar refractivity (Wildman–Crippen MR) is 57.9 cm³/mol. The molecule has 1 aromatic rings. The molecule has 0 aromatic heterocycles. The Kier molecular flexibility index (Phi) is 5.64. The molecule has 1 unspecified atom stereocenters. The fourth-order valence-corrected chi connectivity index (χ4v) is 1.50. The van der Waals surface area contributed by atoms with Crippen LogP contribution < -0.4 is 11.3 Å². The molecule has 1 rings (SSSR count). The summed E-state index contributed by atoms with van der Waals surface area (Å²) in [6.45, 7) is -1.64. The Morgan fingerprint density at radius 3 is 2.47 bits per heavy atom. The van der Waals surface area contributed by atoms with Crippen LogP contribution in [0, 0.1) is 11.6 Å². The normalized spacial score (nSPS) is 13.6. The van der Waals surface area contributed by atoms with Crippen LogP contribution in [0.3, 0.4) is 0 Å². The Labute approximate surface area is 106 Å². The molecular weight excluding hydrogens is 271 g/mol. The zero-order chi connectivity index (χ0) is 14.5. The molecule has 0 amide bonds. The van der Waals surface area contributed by atoms with E-state index in [0.29, 0.717) is 6.07 Å². The van der Waals surface area contributed by atoms with Gasteiger partial charge in [-0.3, -0.25) is 11.3 Å². The van der Waals surface area contributed by atoms with Crippen LogP contribution in [0.5, 0.6) is 0 Å². The summed E-state index contributed by atoms with van der Waals surface area (Å²) in [5.74, 6) is 3.63. The van der Waals surface area contributed by atoms with E-state index in [0.717, 1.165) is 6.07 Å². The van der Waals surface area contributed by atoms with E-state index in [1.807, 2.05) is 0 Å². The molecule has 3 N–H and O–H groups in total. The van der Waals surface area contributed by atoms with E-state index in [-0.39, 0.29) is 18.6 Å². The van der Waals surface area contributed by atoms with Crippen LogP contribution in [0.25, 0.3) is 0 Å². The molecule has 0 aliphatic carbocycles. The standard InChI is InChI=1S/C11H13F5N2O/c12-7-1-2-8(9(13)5-7)10(18-17)3-4-19-6-11(14,15)16/h1-2,5,10,18H,3-4,6,17H2. The molecule has 0 aliphatic heterocycles. The topological polar surface area (TPSA) is 47.3 Å². The number of nitrogens with one attached hydrogen (secondary N) is 1. The van der Waals surface area contributed by atoms with Gasteiger partial charge in [0.15, 0.2) is 0 Å². The SMILES string of the molecule is NNC(CCOCC(F)(F)F)c1ccc(F)cc1F. The van der Waals surface area contributed by atoms with Gasteiger partial charge in [-0.2, -0.15) is 13.2 Å². The average Bonchev–Trinajstić information content (AvgIpc) is 2.29. The van der Waals surface area contributed by atoms with Crippen LogP contribution in [0.4, 0.5) is 22.0 Å². The Balaban J connectivity index is 2.54. The molecule has 8 heteroatoms. The number of hydrazine groups is 1. The molecule has 0 aliphatic rings. The van der Waals surface area contributed by atoms with Gasteiger partial charge >= 0.3 is 6.18 Å². The highest BCUT2D eigenvalue weighted by molar-refractivity contribution is 5.22. The van der Waals surface area contributed by atoms with Crippen molar-refractivity contribution in [3.8, 4) is 0 Å². The molecule has 0 bridgehead atoms. The quantitative estimate of drug-likeness (QED) is 0.365. The first-order valence-corrected chi connectivity index (χ1v) is 5.39. The molecule has 3 nitrogen and oxygen atoms in total. The molecule has 1 atom stereocenters. The summed E-state index contributed by atoms with van der Waals surface area (Å²) in [4.78, 5) is 0. The zero-order valence-corrected chi connectivity index (χ0v) is 9.81. The van der Waals surface area contributed by atoms with Gasteiger partial charge < -0.3 is 4.74 Å². The van der Waals surface area contributed by atoms with Crippen molar-refractivity contribution in [2.45, 2.75) is 18.6 Å². The lowest BCUT2D eigenvalue weighted by Gasteiger charge is -2.17. The van der Waals surface area contributed by atoms with Gasteiger partial charge in [-0.05, 0) is 12.5 Å². The molecular formula is C11H13F5N2O. The maximum atomic E-state index is 13.4. The summed E-state index contributed by atoms with van der Waals surface area (Å²) in [5.41, 5.74) is 2.32. The van der Waals surface area contributed by atoms with Crippen LogP contribution in [-0.2, 0) is 4.74 Å². The number of nitrogens with two attached hydrogens (primary N) is 1. The van der Waals surface area contributed by atoms with Gasteiger partial charge in [0.1, 0.15) is 18.2 Å². The third kappa shape index (κ3) is 5.50. The van der Waals surface area contributed by atoms with Crippen molar-refractivity contribution < 1.29 is 26.7 Å². The lowest BCUT2D eigenvalue weighted by atomic mass is 10.0. The van der Waals surface area contributed by atoms with Crippen molar-refractivity contribution in [3.05, 3.63) is 35.4 Å². The summed E-state index contributed by atoms with van der Waals surface area (Å²) >= 11 is 0. The largest absolute Gasteiger partial charge is 0.411 e. The maximum Gasteiger partial charge on any atom is 0.411 e. The highest BCUT2D eigenvalue weighted by Crippen LogP contribution is 2.21. The van der Waals surface area contributed by atoms with Gasteiger partial charge in [-0.25, -0.2) is 8.78 Å². The molecule has 0 spiro atoms. The van der Waals surface area contributed by atoms with Crippen molar-refractivity contribution in [2.75, 3.05) is 13.2 Å². The summed E-state index contributed by atoms with van der Waals surface area (Å²) in [6, 6.07) is 2.14. The van der Waals surface area contributed by atoms with Crippen LogP contribution in [0.15, 0.2) is 18.2 Å². The second kappa shape index (κ2) is 6.78. The third-order valence-corrected chi connectivity index (χ3v) is 2.36. The van der Waals surface area contributed by atoms with Crippen LogP contribution in [0.2, 0.25) is 0 Å². The van der Waals surface area contributed by atoms with Gasteiger partial charge in [0, 0.05) is 18.2 Å². The minimum Gasteiger partial charge on any atom is -0.372 e. The number of ether oxygens (including phenoxy) is 1. The minimum absolute atomic E-state index is 0.0229. The highest BCUT2D eigenvalue weighted by Gasteiger charge is 2.27. The summed E-state index contributed by atoms with van der Waals surface area (Å²) in [7, 11) is 0. The molecule has 108 valence electrons. The number of halogens is 5. The first kappa shape index (κ1) is 15.8. The Hall–Kier alpha value is -1.25. The lowest BCUT2D eigenvalue weighted by molar-refractivity contribution is -0.174. The Morgan fingerprint density at radius 2 is 1.95 bits per heavy atom. The lowest BCUT2D eigenvalue weighted by Crippen LogP contribution is -2.30. The number of alkyl halides is 3. The minimum atomic E-state index is -4.41. The number of benzene rings is 1. The van der Waals surface area contributed by atoms with Crippen LogP contribution in [0.1, 0.15) is 18.0 Å². The van der Waals surface area contributed by atoms with E-state index in [1.165, 1.54) is 6.07 Å². The fraction of sp³-hybridized carbons (Fsp3) is 0.455. The van der Waals surface area contributed by atoms with Crippen molar-refractivity contribution in [1.29, 1.82) is 0 Å². The predicted octanol–water partition coefficient (Wildman–Crippen LogP) is 2.44. The Morgan fingerprint density at radius 1 is 1.26 bits per heavy atom. The number of hydrogen-bond donors (Lipinski definition) is 2. The van der Waals surface area contributed by atoms with Crippen molar-refractivity contribution in [1.82, 2.24) is 5.43 Å². The first-order valence-electron chi connectivity index (χ1n) is 5.39. The third-order valence-electron chi connectivity index (χ3n) is 2.36. The van der Waals surface area contributed by atoms with Crippen LogP contribution >= 0.6 is 0 Å². The summed E-state index contributed by atoms with van der Waals surface area (Å²) in [6.07, 6.45) is -4.39. The van der Waals surface area contributed by atoms with E-state index in [1.54, 1.807) is 0 Å². The van der Waals surface area contributed by atoms with E-state index in [4.69, 9.17) is 5.84 Å². The smallest absolute Gasteiger partial charge is 0.372 e. The van der Waals surface area contributed by atoms with Gasteiger partial charge in [-0.15, -0.1) is 0 Å². The molecule has 0 heterocycles. The van der Waals surface area contributed by atoms with E-state index >= 15 is 0 Å². The van der Waals surface area contributed by atoms with E-state index < -0.39 is 30.5 Å². The van der Waals surface area contributed by atoms with Crippen molar-refractivity contribution in [2.24, 2.45) is 5.84 Å². The van der Waals surface area contributed by atoms with Gasteiger partial charge in [-0.1, -0.05) is 6.07 Å². The molecule has 0 radical (unpaired) electrons. The van der Waals surface area contributed by atoms with Crippen LogP contribution in [-0.4, -0.2) is 19.4 Å². The fourth-order valence-electron chi connectivity index (χ4n) is 1.50. The van der Waals surface area contributed by atoms with E-state index in [9.17, 15) is 22.0 Å². The second-order valence-electron chi connectivity index (χ2n) is 3.84. The Bertz CT molecular complexity index is 411. The maximum absolute atomic E-state index is 13.4. The molecule has 0 saturated heterocycles.